The highest BCUT2D eigenvalue weighted by Gasteiger charge is 2.27. The molecule has 0 bridgehead atoms. The van der Waals surface area contributed by atoms with Crippen molar-refractivity contribution in [2.24, 2.45) is 0 Å². The van der Waals surface area contributed by atoms with E-state index in [4.69, 9.17) is 9.47 Å². The molecule has 3 rings (SSSR count). The second kappa shape index (κ2) is 8.85. The summed E-state index contributed by atoms with van der Waals surface area (Å²) < 4.78 is 40.1. The van der Waals surface area contributed by atoms with Gasteiger partial charge in [-0.05, 0) is 24.3 Å². The summed E-state index contributed by atoms with van der Waals surface area (Å²) in [4.78, 5) is 24.0. The summed E-state index contributed by atoms with van der Waals surface area (Å²) in [7, 11) is 0. The first-order valence-corrected chi connectivity index (χ1v) is 8.23. The number of alkyl halides is 2. The fraction of sp³-hybridized carbons (Fsp3) is 0.158. The molecule has 1 unspecified atom stereocenters. The largest absolute Gasteiger partial charge is 0.485 e. The molecule has 1 heterocycles. The first kappa shape index (κ1) is 19.2. The maximum Gasteiger partial charge on any atom is 0.387 e. The fourth-order valence-corrected chi connectivity index (χ4v) is 2.38. The van der Waals surface area contributed by atoms with E-state index in [0.717, 1.165) is 6.08 Å². The molecule has 1 aliphatic rings. The number of nitrogens with one attached hydrogen (secondary N) is 2. The molecule has 1 aliphatic heterocycles. The number of fused-ring (bicyclic) bond motifs is 1. The lowest BCUT2D eigenvalue weighted by Crippen LogP contribution is -2.50. The number of hydrogen-bond donors (Lipinski definition) is 2. The standard InChI is InChI=1S/C19H16F2N2O5/c20-19(21)28-13-6-2-1-5-12(13)9-10-17(24)22-23-18(25)16-11-26-14-7-3-4-8-15(14)27-16/h1-10,16,19H,11H2,(H,22,24)(H,23,25)/b10-9+. The third-order valence-electron chi connectivity index (χ3n) is 3.66. The lowest BCUT2D eigenvalue weighted by molar-refractivity contribution is -0.134. The van der Waals surface area contributed by atoms with Gasteiger partial charge in [0.2, 0.25) is 6.10 Å². The number of ether oxygens (including phenoxy) is 3. The molecule has 1 atom stereocenters. The highest BCUT2D eigenvalue weighted by molar-refractivity contribution is 5.94. The molecular weight excluding hydrogens is 374 g/mol. The van der Waals surface area contributed by atoms with Gasteiger partial charge in [0.25, 0.3) is 11.8 Å². The number of para-hydroxylation sites is 3. The Morgan fingerprint density at radius 3 is 2.57 bits per heavy atom. The molecule has 0 radical (unpaired) electrons. The third kappa shape index (κ3) is 4.97. The Bertz CT molecular complexity index is 888. The van der Waals surface area contributed by atoms with Crippen molar-refractivity contribution in [3.8, 4) is 17.2 Å². The molecule has 0 saturated carbocycles. The Morgan fingerprint density at radius 1 is 1.07 bits per heavy atom. The van der Waals surface area contributed by atoms with Gasteiger partial charge < -0.3 is 14.2 Å². The molecule has 2 aromatic carbocycles. The lowest BCUT2D eigenvalue weighted by atomic mass is 10.2. The van der Waals surface area contributed by atoms with Crippen molar-refractivity contribution in [1.82, 2.24) is 10.9 Å². The molecular formula is C19H16F2N2O5. The molecule has 9 heteroatoms. The van der Waals surface area contributed by atoms with Gasteiger partial charge in [0.15, 0.2) is 11.5 Å². The predicted molar refractivity (Wildman–Crippen MR) is 94.7 cm³/mol. The molecule has 0 aromatic heterocycles. The van der Waals surface area contributed by atoms with Gasteiger partial charge in [-0.3, -0.25) is 20.4 Å². The van der Waals surface area contributed by atoms with Crippen LogP contribution in [0, 0.1) is 0 Å². The Labute approximate surface area is 158 Å². The maximum absolute atomic E-state index is 12.4. The Balaban J connectivity index is 1.52. The topological polar surface area (TPSA) is 85.9 Å². The van der Waals surface area contributed by atoms with Crippen LogP contribution in [0.1, 0.15) is 5.56 Å². The minimum Gasteiger partial charge on any atom is -0.485 e. The number of benzene rings is 2. The van der Waals surface area contributed by atoms with Gasteiger partial charge in [-0.15, -0.1) is 0 Å². The van der Waals surface area contributed by atoms with E-state index in [-0.39, 0.29) is 17.9 Å². The van der Waals surface area contributed by atoms with Crippen LogP contribution in [0.4, 0.5) is 8.78 Å². The van der Waals surface area contributed by atoms with Crippen LogP contribution in [0.3, 0.4) is 0 Å². The van der Waals surface area contributed by atoms with Crippen LogP contribution in [0.5, 0.6) is 17.2 Å². The van der Waals surface area contributed by atoms with Crippen LogP contribution in [0.25, 0.3) is 6.08 Å². The summed E-state index contributed by atoms with van der Waals surface area (Å²) in [5.74, 6) is -0.383. The van der Waals surface area contributed by atoms with E-state index in [1.165, 1.54) is 24.3 Å². The number of carbonyl (C=O) groups excluding carboxylic acids is 2. The van der Waals surface area contributed by atoms with E-state index in [1.54, 1.807) is 30.3 Å². The van der Waals surface area contributed by atoms with E-state index in [0.29, 0.717) is 11.5 Å². The van der Waals surface area contributed by atoms with E-state index in [1.807, 2.05) is 0 Å². The first-order valence-electron chi connectivity index (χ1n) is 8.23. The summed E-state index contributed by atoms with van der Waals surface area (Å²) in [5.41, 5.74) is 4.69. The summed E-state index contributed by atoms with van der Waals surface area (Å²) in [6.45, 7) is -2.99. The molecule has 0 fully saturated rings. The van der Waals surface area contributed by atoms with Crippen molar-refractivity contribution < 1.29 is 32.6 Å². The quantitative estimate of drug-likeness (QED) is 0.604. The number of hydrogen-bond acceptors (Lipinski definition) is 5. The van der Waals surface area contributed by atoms with Crippen LogP contribution in [-0.4, -0.2) is 31.1 Å². The van der Waals surface area contributed by atoms with Crippen LogP contribution in [0.2, 0.25) is 0 Å². The second-order valence-electron chi connectivity index (χ2n) is 5.59. The minimum atomic E-state index is -2.98. The smallest absolute Gasteiger partial charge is 0.387 e. The van der Waals surface area contributed by atoms with Crippen molar-refractivity contribution in [2.75, 3.05) is 6.61 Å². The molecule has 2 aromatic rings. The van der Waals surface area contributed by atoms with Crippen LogP contribution < -0.4 is 25.1 Å². The van der Waals surface area contributed by atoms with E-state index < -0.39 is 24.5 Å². The van der Waals surface area contributed by atoms with Crippen molar-refractivity contribution in [2.45, 2.75) is 12.7 Å². The van der Waals surface area contributed by atoms with E-state index in [2.05, 4.69) is 15.6 Å². The highest BCUT2D eigenvalue weighted by Crippen LogP contribution is 2.30. The average molecular weight is 390 g/mol. The molecule has 0 saturated heterocycles. The van der Waals surface area contributed by atoms with Gasteiger partial charge >= 0.3 is 6.61 Å². The molecule has 2 amide bonds. The SMILES string of the molecule is O=C(/C=C/c1ccccc1OC(F)F)NNC(=O)C1COc2ccccc2O1. The molecule has 0 aliphatic carbocycles. The zero-order valence-electron chi connectivity index (χ0n) is 14.4. The van der Waals surface area contributed by atoms with Gasteiger partial charge in [0.1, 0.15) is 12.4 Å². The summed E-state index contributed by atoms with van der Waals surface area (Å²) in [5, 5.41) is 0. The highest BCUT2D eigenvalue weighted by atomic mass is 19.3. The Hall–Kier alpha value is -3.62. The third-order valence-corrected chi connectivity index (χ3v) is 3.66. The van der Waals surface area contributed by atoms with Gasteiger partial charge in [-0.25, -0.2) is 0 Å². The van der Waals surface area contributed by atoms with Crippen molar-refractivity contribution in [3.63, 3.8) is 0 Å². The molecule has 7 nitrogen and oxygen atoms in total. The molecule has 146 valence electrons. The zero-order chi connectivity index (χ0) is 19.9. The summed E-state index contributed by atoms with van der Waals surface area (Å²) in [6.07, 6.45) is 1.43. The summed E-state index contributed by atoms with van der Waals surface area (Å²) in [6, 6.07) is 12.9. The normalized spacial score (nSPS) is 15.3. The number of rotatable bonds is 5. The molecule has 2 N–H and O–H groups in total. The van der Waals surface area contributed by atoms with Gasteiger partial charge in [0, 0.05) is 11.6 Å². The second-order valence-corrected chi connectivity index (χ2v) is 5.59. The zero-order valence-corrected chi connectivity index (χ0v) is 14.4. The average Bonchev–Trinajstić information content (AvgIpc) is 2.70. The van der Waals surface area contributed by atoms with Crippen LogP contribution in [-0.2, 0) is 9.59 Å². The van der Waals surface area contributed by atoms with Crippen LogP contribution in [0.15, 0.2) is 54.6 Å². The van der Waals surface area contributed by atoms with Crippen molar-refractivity contribution in [1.29, 1.82) is 0 Å². The lowest BCUT2D eigenvalue weighted by Gasteiger charge is -2.25. The number of carbonyl (C=O) groups is 2. The Kier molecular flexibility index (Phi) is 6.05. The van der Waals surface area contributed by atoms with Crippen LogP contribution >= 0.6 is 0 Å². The Morgan fingerprint density at radius 2 is 1.79 bits per heavy atom. The van der Waals surface area contributed by atoms with Gasteiger partial charge in [-0.1, -0.05) is 30.3 Å². The van der Waals surface area contributed by atoms with E-state index in [9.17, 15) is 18.4 Å². The van der Waals surface area contributed by atoms with E-state index >= 15 is 0 Å². The van der Waals surface area contributed by atoms with Gasteiger partial charge in [0.05, 0.1) is 0 Å². The first-order chi connectivity index (χ1) is 13.5. The molecule has 28 heavy (non-hydrogen) atoms. The monoisotopic (exact) mass is 390 g/mol. The van der Waals surface area contributed by atoms with Crippen molar-refractivity contribution in [3.05, 3.63) is 60.2 Å². The van der Waals surface area contributed by atoms with Crippen molar-refractivity contribution >= 4 is 17.9 Å². The minimum absolute atomic E-state index is 0.00704. The fourth-order valence-electron chi connectivity index (χ4n) is 2.38. The maximum atomic E-state index is 12.4. The predicted octanol–water partition coefficient (Wildman–Crippen LogP) is 2.29. The number of amides is 2. The molecule has 0 spiro atoms. The summed E-state index contributed by atoms with van der Waals surface area (Å²) >= 11 is 0. The number of halogens is 2. The number of hydrazine groups is 1. The van der Waals surface area contributed by atoms with Gasteiger partial charge in [-0.2, -0.15) is 8.78 Å².